The highest BCUT2D eigenvalue weighted by Crippen LogP contribution is 2.11. The Bertz CT molecular complexity index is 356. The van der Waals surface area contributed by atoms with E-state index >= 15 is 0 Å². The van der Waals surface area contributed by atoms with E-state index in [1.54, 1.807) is 6.07 Å². The predicted molar refractivity (Wildman–Crippen MR) is 61.4 cm³/mol. The summed E-state index contributed by atoms with van der Waals surface area (Å²) < 4.78 is 5.24. The molecule has 1 aromatic heterocycles. The number of urea groups is 1. The third-order valence-corrected chi connectivity index (χ3v) is 2.69. The maximum Gasteiger partial charge on any atom is 0.321 e. The molecule has 3 N–H and O–H groups in total. The molecular weight excluding hydrogens is 206 g/mol. The summed E-state index contributed by atoms with van der Waals surface area (Å²) in [6, 6.07) is 3.35. The highest BCUT2D eigenvalue weighted by molar-refractivity contribution is 5.87. The van der Waals surface area contributed by atoms with Gasteiger partial charge in [-0.05, 0) is 38.4 Å². The van der Waals surface area contributed by atoms with E-state index in [4.69, 9.17) is 4.42 Å². The largest absolute Gasteiger partial charge is 0.446 e. The molecule has 1 aliphatic heterocycles. The number of hydrogen-bond acceptors (Lipinski definition) is 3. The first-order valence-corrected chi connectivity index (χ1v) is 5.56. The van der Waals surface area contributed by atoms with Crippen molar-refractivity contribution in [3.63, 3.8) is 0 Å². The van der Waals surface area contributed by atoms with Crippen molar-refractivity contribution in [1.82, 2.24) is 10.6 Å². The molecule has 0 saturated carbocycles. The van der Waals surface area contributed by atoms with Crippen molar-refractivity contribution in [2.24, 2.45) is 5.92 Å². The quantitative estimate of drug-likeness (QED) is 0.724. The Balaban J connectivity index is 1.71. The summed E-state index contributed by atoms with van der Waals surface area (Å²) in [7, 11) is 0. The van der Waals surface area contributed by atoms with Crippen molar-refractivity contribution < 1.29 is 9.21 Å². The smallest absolute Gasteiger partial charge is 0.321 e. The fourth-order valence-electron chi connectivity index (χ4n) is 1.78. The predicted octanol–water partition coefficient (Wildman–Crippen LogP) is 1.32. The summed E-state index contributed by atoms with van der Waals surface area (Å²) in [5.41, 5.74) is 0. The fraction of sp³-hybridized carbons (Fsp3) is 0.545. The van der Waals surface area contributed by atoms with Crippen molar-refractivity contribution in [3.8, 4) is 0 Å². The molecule has 1 saturated heterocycles. The third-order valence-electron chi connectivity index (χ3n) is 2.69. The molecule has 1 aromatic rings. The molecule has 2 rings (SSSR count). The van der Waals surface area contributed by atoms with Gasteiger partial charge in [-0.1, -0.05) is 0 Å². The fourth-order valence-corrected chi connectivity index (χ4v) is 1.78. The standard InChI is InChI=1S/C11H17N3O2/c1-8-2-3-10(16-8)14-11(15)13-7-9-4-5-12-6-9/h2-3,9,12H,4-7H2,1H3,(H2,13,14,15). The van der Waals surface area contributed by atoms with E-state index in [2.05, 4.69) is 16.0 Å². The number of hydrogen-bond donors (Lipinski definition) is 3. The number of aryl methyl sites for hydroxylation is 1. The summed E-state index contributed by atoms with van der Waals surface area (Å²) in [4.78, 5) is 11.5. The lowest BCUT2D eigenvalue weighted by Gasteiger charge is -2.09. The van der Waals surface area contributed by atoms with Gasteiger partial charge in [0.05, 0.1) is 0 Å². The first kappa shape index (κ1) is 11.0. The van der Waals surface area contributed by atoms with Gasteiger partial charge in [-0.2, -0.15) is 0 Å². The molecule has 0 bridgehead atoms. The number of amides is 2. The Morgan fingerprint density at radius 3 is 3.12 bits per heavy atom. The molecule has 1 aliphatic rings. The van der Waals surface area contributed by atoms with Crippen LogP contribution in [0.25, 0.3) is 0 Å². The molecule has 1 unspecified atom stereocenters. The minimum atomic E-state index is -0.207. The van der Waals surface area contributed by atoms with E-state index in [0.717, 1.165) is 25.3 Å². The van der Waals surface area contributed by atoms with Crippen LogP contribution in [0.5, 0.6) is 0 Å². The van der Waals surface area contributed by atoms with E-state index in [0.29, 0.717) is 18.3 Å². The summed E-state index contributed by atoms with van der Waals surface area (Å²) in [5.74, 6) is 1.82. The van der Waals surface area contributed by atoms with Crippen molar-refractivity contribution >= 4 is 11.9 Å². The zero-order valence-electron chi connectivity index (χ0n) is 9.38. The minimum Gasteiger partial charge on any atom is -0.446 e. The Hall–Kier alpha value is -1.49. The zero-order valence-corrected chi connectivity index (χ0v) is 9.38. The number of anilines is 1. The van der Waals surface area contributed by atoms with E-state index in [9.17, 15) is 4.79 Å². The molecule has 0 aromatic carbocycles. The van der Waals surface area contributed by atoms with E-state index in [1.807, 2.05) is 13.0 Å². The van der Waals surface area contributed by atoms with Gasteiger partial charge in [-0.25, -0.2) is 4.79 Å². The van der Waals surface area contributed by atoms with Gasteiger partial charge in [0, 0.05) is 12.6 Å². The molecule has 0 spiro atoms. The number of furan rings is 1. The third kappa shape index (κ3) is 3.00. The van der Waals surface area contributed by atoms with Gasteiger partial charge in [0.1, 0.15) is 5.76 Å². The topological polar surface area (TPSA) is 66.3 Å². The van der Waals surface area contributed by atoms with Crippen LogP contribution >= 0.6 is 0 Å². The van der Waals surface area contributed by atoms with Crippen molar-refractivity contribution in [3.05, 3.63) is 17.9 Å². The summed E-state index contributed by atoms with van der Waals surface area (Å²) in [6.07, 6.45) is 1.13. The Morgan fingerprint density at radius 2 is 2.50 bits per heavy atom. The van der Waals surface area contributed by atoms with E-state index < -0.39 is 0 Å². The van der Waals surface area contributed by atoms with Gasteiger partial charge in [-0.15, -0.1) is 0 Å². The highest BCUT2D eigenvalue weighted by atomic mass is 16.4. The molecule has 88 valence electrons. The SMILES string of the molecule is Cc1ccc(NC(=O)NCC2CCNC2)o1. The van der Waals surface area contributed by atoms with E-state index in [-0.39, 0.29) is 6.03 Å². The van der Waals surface area contributed by atoms with Crippen LogP contribution in [-0.4, -0.2) is 25.7 Å². The molecular formula is C11H17N3O2. The summed E-state index contributed by atoms with van der Waals surface area (Å²) >= 11 is 0. The first-order chi connectivity index (χ1) is 7.74. The average molecular weight is 223 g/mol. The summed E-state index contributed by atoms with van der Waals surface area (Å²) in [6.45, 7) is 4.58. The second-order valence-corrected chi connectivity index (χ2v) is 4.10. The maximum absolute atomic E-state index is 11.5. The Kier molecular flexibility index (Phi) is 3.46. The van der Waals surface area contributed by atoms with Gasteiger partial charge >= 0.3 is 6.03 Å². The van der Waals surface area contributed by atoms with Gasteiger partial charge in [0.25, 0.3) is 0 Å². The molecule has 5 nitrogen and oxygen atoms in total. The lowest BCUT2D eigenvalue weighted by Crippen LogP contribution is -2.33. The number of carbonyl (C=O) groups is 1. The molecule has 0 aliphatic carbocycles. The van der Waals surface area contributed by atoms with Crippen molar-refractivity contribution in [1.29, 1.82) is 0 Å². The van der Waals surface area contributed by atoms with Gasteiger partial charge in [-0.3, -0.25) is 5.32 Å². The molecule has 2 amide bonds. The minimum absolute atomic E-state index is 0.207. The lowest BCUT2D eigenvalue weighted by atomic mass is 10.1. The van der Waals surface area contributed by atoms with Crippen LogP contribution in [0.15, 0.2) is 16.5 Å². The molecule has 1 fully saturated rings. The Morgan fingerprint density at radius 1 is 1.62 bits per heavy atom. The second-order valence-electron chi connectivity index (χ2n) is 4.10. The highest BCUT2D eigenvalue weighted by Gasteiger charge is 2.15. The van der Waals surface area contributed by atoms with Crippen molar-refractivity contribution in [2.75, 3.05) is 25.0 Å². The number of nitrogens with one attached hydrogen (secondary N) is 3. The Labute approximate surface area is 94.6 Å². The van der Waals surface area contributed by atoms with Crippen LogP contribution in [0.4, 0.5) is 10.7 Å². The van der Waals surface area contributed by atoms with E-state index in [1.165, 1.54) is 0 Å². The normalized spacial score (nSPS) is 19.7. The van der Waals surface area contributed by atoms with Crippen LogP contribution in [0.2, 0.25) is 0 Å². The molecule has 2 heterocycles. The maximum atomic E-state index is 11.5. The lowest BCUT2D eigenvalue weighted by molar-refractivity contribution is 0.250. The molecule has 0 radical (unpaired) electrons. The van der Waals surface area contributed by atoms with Crippen LogP contribution < -0.4 is 16.0 Å². The van der Waals surface area contributed by atoms with Crippen LogP contribution in [0.3, 0.4) is 0 Å². The van der Waals surface area contributed by atoms with Crippen LogP contribution in [0.1, 0.15) is 12.2 Å². The molecule has 16 heavy (non-hydrogen) atoms. The zero-order chi connectivity index (χ0) is 11.4. The van der Waals surface area contributed by atoms with Crippen molar-refractivity contribution in [2.45, 2.75) is 13.3 Å². The average Bonchev–Trinajstić information content (AvgIpc) is 2.87. The number of carbonyl (C=O) groups excluding carboxylic acids is 1. The molecule has 1 atom stereocenters. The second kappa shape index (κ2) is 5.03. The van der Waals surface area contributed by atoms with Gasteiger partial charge in [0.2, 0.25) is 5.88 Å². The first-order valence-electron chi connectivity index (χ1n) is 5.56. The molecule has 5 heteroatoms. The van der Waals surface area contributed by atoms with Crippen LogP contribution in [0, 0.1) is 12.8 Å². The van der Waals surface area contributed by atoms with Gasteiger partial charge < -0.3 is 15.1 Å². The number of rotatable bonds is 3. The van der Waals surface area contributed by atoms with Crippen LogP contribution in [-0.2, 0) is 0 Å². The summed E-state index contributed by atoms with van der Waals surface area (Å²) in [5, 5.41) is 8.74. The monoisotopic (exact) mass is 223 g/mol. The van der Waals surface area contributed by atoms with Gasteiger partial charge in [0.15, 0.2) is 0 Å².